The Morgan fingerprint density at radius 2 is 1.95 bits per heavy atom. The monoisotopic (exact) mass is 515 g/mol. The zero-order valence-corrected chi connectivity index (χ0v) is 22.0. The molecule has 1 unspecified atom stereocenters. The number of esters is 1. The molecule has 1 atom stereocenters. The zero-order chi connectivity index (χ0) is 27.1. The van der Waals surface area contributed by atoms with Crippen molar-refractivity contribution < 1.29 is 28.2 Å². The fourth-order valence-electron chi connectivity index (χ4n) is 4.68. The highest BCUT2D eigenvalue weighted by atomic mass is 19.1. The lowest BCUT2D eigenvalue weighted by Gasteiger charge is -2.41. The van der Waals surface area contributed by atoms with E-state index >= 15 is 4.39 Å². The molecule has 0 spiro atoms. The van der Waals surface area contributed by atoms with Crippen molar-refractivity contribution in [2.45, 2.75) is 58.2 Å². The lowest BCUT2D eigenvalue weighted by Crippen LogP contribution is -2.55. The van der Waals surface area contributed by atoms with Crippen LogP contribution in [0.5, 0.6) is 5.75 Å². The van der Waals surface area contributed by atoms with Crippen molar-refractivity contribution in [2.75, 3.05) is 38.3 Å². The summed E-state index contributed by atoms with van der Waals surface area (Å²) in [6, 6.07) is 0.976. The number of ether oxygens (including phenoxy) is 3. The number of aromatic nitrogens is 1. The van der Waals surface area contributed by atoms with E-state index in [4.69, 9.17) is 14.2 Å². The molecule has 1 aliphatic carbocycles. The molecule has 2 heterocycles. The summed E-state index contributed by atoms with van der Waals surface area (Å²) in [6.07, 6.45) is 4.21. The van der Waals surface area contributed by atoms with Crippen LogP contribution in [-0.4, -0.2) is 66.5 Å². The maximum absolute atomic E-state index is 15.7. The van der Waals surface area contributed by atoms with Crippen LogP contribution in [0.1, 0.15) is 56.9 Å². The Labute approximate surface area is 215 Å². The number of methoxy groups -OCH3 is 1. The SMILES string of the molecule is C=CCOC(=O)c1cn(C2CC2)c2c(OC)c(N3CCN(C(=O)OC(C)(C)C)C(C)C3)c(F)cc2c1=O. The van der Waals surface area contributed by atoms with E-state index in [1.54, 1.807) is 4.90 Å². The molecule has 1 saturated carbocycles. The fraction of sp³-hybridized carbons (Fsp3) is 0.519. The third kappa shape index (κ3) is 5.28. The topological polar surface area (TPSA) is 90.3 Å². The molecule has 1 saturated heterocycles. The van der Waals surface area contributed by atoms with Gasteiger partial charge in [0.15, 0.2) is 11.6 Å². The Kier molecular flexibility index (Phi) is 7.21. The molecule has 200 valence electrons. The number of hydrogen-bond acceptors (Lipinski definition) is 7. The minimum atomic E-state index is -0.781. The van der Waals surface area contributed by atoms with E-state index in [1.807, 2.05) is 37.2 Å². The Morgan fingerprint density at radius 1 is 1.24 bits per heavy atom. The maximum atomic E-state index is 15.7. The fourth-order valence-corrected chi connectivity index (χ4v) is 4.68. The van der Waals surface area contributed by atoms with Gasteiger partial charge in [0.1, 0.15) is 23.5 Å². The molecule has 10 heteroatoms. The quantitative estimate of drug-likeness (QED) is 0.419. The Balaban J connectivity index is 1.76. The molecule has 4 rings (SSSR count). The number of rotatable bonds is 6. The van der Waals surface area contributed by atoms with E-state index in [9.17, 15) is 14.4 Å². The number of nitrogens with zero attached hydrogens (tertiary/aromatic N) is 3. The number of benzene rings is 1. The number of pyridine rings is 1. The molecule has 1 aromatic heterocycles. The summed E-state index contributed by atoms with van der Waals surface area (Å²) in [7, 11) is 1.44. The van der Waals surface area contributed by atoms with Crippen LogP contribution in [-0.2, 0) is 9.47 Å². The number of carbonyl (C=O) groups excluding carboxylic acids is 2. The van der Waals surface area contributed by atoms with Gasteiger partial charge in [-0.05, 0) is 46.6 Å². The second kappa shape index (κ2) is 10.1. The van der Waals surface area contributed by atoms with Gasteiger partial charge in [-0.1, -0.05) is 12.7 Å². The first-order valence-corrected chi connectivity index (χ1v) is 12.4. The summed E-state index contributed by atoms with van der Waals surface area (Å²) >= 11 is 0. The number of piperazine rings is 1. The van der Waals surface area contributed by atoms with E-state index in [0.29, 0.717) is 25.2 Å². The summed E-state index contributed by atoms with van der Waals surface area (Å²) in [5.74, 6) is -1.20. The van der Waals surface area contributed by atoms with E-state index in [1.165, 1.54) is 25.4 Å². The van der Waals surface area contributed by atoms with Gasteiger partial charge in [-0.25, -0.2) is 14.0 Å². The van der Waals surface area contributed by atoms with Crippen LogP contribution in [0.25, 0.3) is 10.9 Å². The molecule has 1 amide bonds. The maximum Gasteiger partial charge on any atom is 0.410 e. The lowest BCUT2D eigenvalue weighted by atomic mass is 10.1. The second-order valence-corrected chi connectivity index (χ2v) is 10.5. The molecule has 9 nitrogen and oxygen atoms in total. The smallest absolute Gasteiger partial charge is 0.410 e. The first-order valence-electron chi connectivity index (χ1n) is 12.4. The lowest BCUT2D eigenvalue weighted by molar-refractivity contribution is 0.0158. The van der Waals surface area contributed by atoms with Crippen molar-refractivity contribution in [3.05, 3.63) is 46.5 Å². The van der Waals surface area contributed by atoms with E-state index in [2.05, 4.69) is 6.58 Å². The van der Waals surface area contributed by atoms with Gasteiger partial charge in [0.05, 0.1) is 18.0 Å². The number of carbonyl (C=O) groups is 2. The third-order valence-corrected chi connectivity index (χ3v) is 6.47. The summed E-state index contributed by atoms with van der Waals surface area (Å²) in [6.45, 7) is 11.8. The number of amides is 1. The van der Waals surface area contributed by atoms with Gasteiger partial charge >= 0.3 is 12.1 Å². The van der Waals surface area contributed by atoms with Crippen LogP contribution in [0.4, 0.5) is 14.9 Å². The van der Waals surface area contributed by atoms with Gasteiger partial charge < -0.3 is 28.6 Å². The van der Waals surface area contributed by atoms with Crippen molar-refractivity contribution in [3.8, 4) is 5.75 Å². The van der Waals surface area contributed by atoms with Gasteiger partial charge in [0, 0.05) is 37.9 Å². The number of anilines is 1. The highest BCUT2D eigenvalue weighted by Crippen LogP contribution is 2.44. The summed E-state index contributed by atoms with van der Waals surface area (Å²) < 4.78 is 33.9. The summed E-state index contributed by atoms with van der Waals surface area (Å²) in [5, 5.41) is 0.0542. The van der Waals surface area contributed by atoms with Crippen LogP contribution < -0.4 is 15.1 Å². The highest BCUT2D eigenvalue weighted by Gasteiger charge is 2.35. The normalized spacial score (nSPS) is 18.1. The second-order valence-electron chi connectivity index (χ2n) is 10.5. The predicted octanol–water partition coefficient (Wildman–Crippen LogP) is 4.27. The Bertz CT molecular complexity index is 1290. The average Bonchev–Trinajstić information content (AvgIpc) is 3.66. The molecule has 0 bridgehead atoms. The Morgan fingerprint density at radius 3 is 2.51 bits per heavy atom. The predicted molar refractivity (Wildman–Crippen MR) is 138 cm³/mol. The van der Waals surface area contributed by atoms with E-state index < -0.39 is 28.9 Å². The number of hydrogen-bond donors (Lipinski definition) is 0. The zero-order valence-electron chi connectivity index (χ0n) is 22.0. The highest BCUT2D eigenvalue weighted by molar-refractivity contribution is 5.97. The van der Waals surface area contributed by atoms with Crippen molar-refractivity contribution in [1.29, 1.82) is 0 Å². The van der Waals surface area contributed by atoms with E-state index in [0.717, 1.165) is 12.8 Å². The van der Waals surface area contributed by atoms with Gasteiger partial charge in [-0.15, -0.1) is 0 Å². The van der Waals surface area contributed by atoms with E-state index in [-0.39, 0.29) is 41.1 Å². The van der Waals surface area contributed by atoms with Crippen molar-refractivity contribution in [1.82, 2.24) is 9.47 Å². The minimum absolute atomic E-state index is 0.0379. The summed E-state index contributed by atoms with van der Waals surface area (Å²) in [4.78, 5) is 42.0. The van der Waals surface area contributed by atoms with Gasteiger partial charge in [0.2, 0.25) is 5.43 Å². The molecule has 1 aromatic carbocycles. The summed E-state index contributed by atoms with van der Waals surface area (Å²) in [5.41, 5.74) is -0.733. The molecular formula is C27H34FN3O6. The molecule has 37 heavy (non-hydrogen) atoms. The first-order chi connectivity index (χ1) is 17.5. The standard InChI is InChI=1S/C27H34FN3O6/c1-7-12-36-25(33)19-15-31(17-8-9-17)21-18(23(19)32)13-20(28)22(24(21)35-6)29-10-11-30(16(2)14-29)26(34)37-27(3,4)5/h7,13,15-17H,1,8-12,14H2,2-6H3. The van der Waals surface area contributed by atoms with Crippen molar-refractivity contribution >= 4 is 28.7 Å². The van der Waals surface area contributed by atoms with Crippen LogP contribution >= 0.6 is 0 Å². The Hall–Kier alpha value is -3.56. The number of halogens is 1. The van der Waals surface area contributed by atoms with Crippen LogP contribution in [0.15, 0.2) is 29.7 Å². The number of fused-ring (bicyclic) bond motifs is 1. The molecule has 0 radical (unpaired) electrons. The molecule has 1 aliphatic heterocycles. The van der Waals surface area contributed by atoms with Gasteiger partial charge in [0.25, 0.3) is 0 Å². The average molecular weight is 516 g/mol. The largest absolute Gasteiger partial charge is 0.492 e. The van der Waals surface area contributed by atoms with Gasteiger partial charge in [-0.2, -0.15) is 0 Å². The van der Waals surface area contributed by atoms with Crippen LogP contribution in [0, 0.1) is 5.82 Å². The molecular weight excluding hydrogens is 481 g/mol. The molecule has 2 aliphatic rings. The molecule has 0 N–H and O–H groups in total. The molecule has 2 fully saturated rings. The van der Waals surface area contributed by atoms with Crippen LogP contribution in [0.3, 0.4) is 0 Å². The van der Waals surface area contributed by atoms with Crippen LogP contribution in [0.2, 0.25) is 0 Å². The van der Waals surface area contributed by atoms with Crippen molar-refractivity contribution in [2.24, 2.45) is 0 Å². The first kappa shape index (κ1) is 26.5. The van der Waals surface area contributed by atoms with Crippen molar-refractivity contribution in [3.63, 3.8) is 0 Å². The minimum Gasteiger partial charge on any atom is -0.492 e. The molecule has 2 aromatic rings. The van der Waals surface area contributed by atoms with Gasteiger partial charge in [-0.3, -0.25) is 4.79 Å². The third-order valence-electron chi connectivity index (χ3n) is 6.47.